The van der Waals surface area contributed by atoms with Crippen molar-refractivity contribution < 1.29 is 53.8 Å². The lowest BCUT2D eigenvalue weighted by Crippen LogP contribution is -2.26. The molecule has 0 fully saturated rings. The van der Waals surface area contributed by atoms with Crippen LogP contribution in [0.3, 0.4) is 0 Å². The van der Waals surface area contributed by atoms with Gasteiger partial charge < -0.3 is 9.47 Å². The molecule has 12 heteroatoms. The average molecular weight is 432 g/mol. The topological polar surface area (TPSA) is 35.5 Å². The van der Waals surface area contributed by atoms with E-state index in [1.807, 2.05) is 0 Å². The number of carbonyl (C=O) groups is 1. The van der Waals surface area contributed by atoms with Crippen molar-refractivity contribution in [3.05, 3.63) is 57.9 Å². The fraction of sp³-hybridized carbons (Fsp3) is 0.235. The zero-order valence-corrected chi connectivity index (χ0v) is 14.6. The molecule has 0 aliphatic carbocycles. The summed E-state index contributed by atoms with van der Waals surface area (Å²) in [6, 6.07) is 0. The second-order valence-electron chi connectivity index (χ2n) is 6.46. The summed E-state index contributed by atoms with van der Waals surface area (Å²) in [7, 11) is 0. The van der Waals surface area contributed by atoms with Gasteiger partial charge in [-0.2, -0.15) is 8.78 Å². The van der Waals surface area contributed by atoms with Crippen LogP contribution >= 0.6 is 0 Å². The lowest BCUT2D eigenvalue weighted by Gasteiger charge is -2.23. The molecule has 0 bridgehead atoms. The summed E-state index contributed by atoms with van der Waals surface area (Å²) in [5.41, 5.74) is -3.59. The third kappa shape index (κ3) is 3.96. The molecular weight excluding hydrogens is 423 g/mol. The van der Waals surface area contributed by atoms with Gasteiger partial charge in [-0.15, -0.1) is 0 Å². The number of ether oxygens (including phenoxy) is 2. The van der Waals surface area contributed by atoms with E-state index in [-0.39, 0.29) is 0 Å². The fourth-order valence-corrected chi connectivity index (χ4v) is 2.01. The average Bonchev–Trinajstić information content (AvgIpc) is 2.63. The molecule has 2 aromatic carbocycles. The van der Waals surface area contributed by atoms with E-state index >= 15 is 0 Å². The van der Waals surface area contributed by atoms with Gasteiger partial charge in [0.05, 0.1) is 0 Å². The van der Waals surface area contributed by atoms with Gasteiger partial charge >= 0.3 is 5.97 Å². The first-order valence-corrected chi connectivity index (χ1v) is 7.47. The summed E-state index contributed by atoms with van der Waals surface area (Å²) in [5, 5.41) is 0. The molecule has 0 atom stereocenters. The maximum atomic E-state index is 14.0. The minimum atomic E-state index is -2.61. The zero-order chi connectivity index (χ0) is 22.4. The van der Waals surface area contributed by atoms with Gasteiger partial charge in [0.25, 0.3) is 0 Å². The van der Waals surface area contributed by atoms with Crippen molar-refractivity contribution in [2.45, 2.75) is 26.4 Å². The van der Waals surface area contributed by atoms with Crippen LogP contribution in [0.4, 0.5) is 39.5 Å². The van der Waals surface area contributed by atoms with E-state index in [4.69, 9.17) is 4.74 Å². The lowest BCUT2D eigenvalue weighted by molar-refractivity contribution is 0.0674. The van der Waals surface area contributed by atoms with Gasteiger partial charge in [-0.1, -0.05) is 0 Å². The van der Waals surface area contributed by atoms with Crippen molar-refractivity contribution in [1.29, 1.82) is 0 Å². The Hall–Kier alpha value is -2.92. The Morgan fingerprint density at radius 2 is 0.931 bits per heavy atom. The molecule has 158 valence electrons. The van der Waals surface area contributed by atoms with E-state index in [9.17, 15) is 44.3 Å². The third-order valence-electron chi connectivity index (χ3n) is 3.20. The summed E-state index contributed by atoms with van der Waals surface area (Å²) in [4.78, 5) is 11.9. The van der Waals surface area contributed by atoms with Crippen molar-refractivity contribution in [3.63, 3.8) is 0 Å². The molecule has 0 unspecified atom stereocenters. The molecule has 0 saturated carbocycles. The molecule has 0 aliphatic heterocycles. The number of halogens is 9. The molecule has 0 N–H and O–H groups in total. The molecular formula is C17H9F9O3. The SMILES string of the molecule is CC(C)(C)Oc1c(F)c(F)c(F)c(F)c1OC(=O)c1c(F)c(F)c(F)c(F)c1F. The molecule has 29 heavy (non-hydrogen) atoms. The van der Waals surface area contributed by atoms with Gasteiger partial charge in [-0.05, 0) is 20.8 Å². The van der Waals surface area contributed by atoms with Gasteiger partial charge in [0.1, 0.15) is 11.2 Å². The van der Waals surface area contributed by atoms with Crippen molar-refractivity contribution in [3.8, 4) is 11.5 Å². The first kappa shape index (κ1) is 22.4. The summed E-state index contributed by atoms with van der Waals surface area (Å²) in [5.74, 6) is -28.0. The first-order valence-electron chi connectivity index (χ1n) is 7.47. The van der Waals surface area contributed by atoms with Crippen LogP contribution in [0, 0.1) is 52.4 Å². The Morgan fingerprint density at radius 3 is 1.34 bits per heavy atom. The highest BCUT2D eigenvalue weighted by molar-refractivity contribution is 5.92. The maximum Gasteiger partial charge on any atom is 0.350 e. The van der Waals surface area contributed by atoms with Crippen LogP contribution in [-0.4, -0.2) is 11.6 Å². The van der Waals surface area contributed by atoms with Crippen molar-refractivity contribution in [2.75, 3.05) is 0 Å². The highest BCUT2D eigenvalue weighted by Crippen LogP contribution is 2.39. The fourth-order valence-electron chi connectivity index (χ4n) is 2.01. The van der Waals surface area contributed by atoms with E-state index in [0.29, 0.717) is 0 Å². The number of carbonyl (C=O) groups excluding carboxylic acids is 1. The summed E-state index contributed by atoms with van der Waals surface area (Å²) >= 11 is 0. The first-order chi connectivity index (χ1) is 13.2. The minimum absolute atomic E-state index is 1.24. The summed E-state index contributed by atoms with van der Waals surface area (Å²) < 4.78 is 131. The molecule has 0 aliphatic rings. The van der Waals surface area contributed by atoms with Crippen LogP contribution in [-0.2, 0) is 0 Å². The molecule has 0 radical (unpaired) electrons. The summed E-state index contributed by atoms with van der Waals surface area (Å²) in [6.07, 6.45) is 0. The van der Waals surface area contributed by atoms with Crippen molar-refractivity contribution >= 4 is 5.97 Å². The minimum Gasteiger partial charge on any atom is -0.481 e. The highest BCUT2D eigenvalue weighted by atomic mass is 19.2. The van der Waals surface area contributed by atoms with Crippen LogP contribution < -0.4 is 9.47 Å². The Balaban J connectivity index is 2.68. The molecule has 2 rings (SSSR count). The van der Waals surface area contributed by atoms with E-state index in [1.54, 1.807) is 0 Å². The zero-order valence-electron chi connectivity index (χ0n) is 14.6. The van der Waals surface area contributed by atoms with Crippen LogP contribution in [0.1, 0.15) is 31.1 Å². The number of hydrogen-bond donors (Lipinski definition) is 0. The monoisotopic (exact) mass is 432 g/mol. The quantitative estimate of drug-likeness (QED) is 0.216. The predicted molar refractivity (Wildman–Crippen MR) is 77.8 cm³/mol. The standard InChI is InChI=1S/C17H9F9O3/c1-17(2,3)29-15-13(26)11(24)10(23)12(25)14(15)28-16(27)4-5(18)7(20)9(22)8(21)6(4)19/h1-3H3. The molecule has 0 aromatic heterocycles. The number of hydrogen-bond acceptors (Lipinski definition) is 3. The predicted octanol–water partition coefficient (Wildman–Crippen LogP) is 5.34. The van der Waals surface area contributed by atoms with Gasteiger partial charge in [-0.3, -0.25) is 0 Å². The molecule has 3 nitrogen and oxygen atoms in total. The molecule has 0 spiro atoms. The Kier molecular flexibility index (Phi) is 5.77. The van der Waals surface area contributed by atoms with Crippen molar-refractivity contribution in [1.82, 2.24) is 0 Å². The Morgan fingerprint density at radius 1 is 0.586 bits per heavy atom. The second kappa shape index (κ2) is 7.48. The third-order valence-corrected chi connectivity index (χ3v) is 3.20. The van der Waals surface area contributed by atoms with E-state index < -0.39 is 81.0 Å². The van der Waals surface area contributed by atoms with Crippen molar-refractivity contribution in [2.24, 2.45) is 0 Å². The normalized spacial score (nSPS) is 11.6. The van der Waals surface area contributed by atoms with Gasteiger partial charge in [0, 0.05) is 0 Å². The van der Waals surface area contributed by atoms with Gasteiger partial charge in [0.15, 0.2) is 23.3 Å². The van der Waals surface area contributed by atoms with E-state index in [0.717, 1.165) is 0 Å². The molecule has 0 heterocycles. The largest absolute Gasteiger partial charge is 0.481 e. The maximum absolute atomic E-state index is 14.0. The van der Waals surface area contributed by atoms with Crippen LogP contribution in [0.15, 0.2) is 0 Å². The Labute approximate surface area is 156 Å². The number of benzene rings is 2. The van der Waals surface area contributed by atoms with E-state index in [1.165, 1.54) is 20.8 Å². The second-order valence-corrected chi connectivity index (χ2v) is 6.46. The lowest BCUT2D eigenvalue weighted by atomic mass is 10.1. The smallest absolute Gasteiger partial charge is 0.350 e. The van der Waals surface area contributed by atoms with Crippen LogP contribution in [0.25, 0.3) is 0 Å². The number of rotatable bonds is 3. The highest BCUT2D eigenvalue weighted by Gasteiger charge is 2.35. The van der Waals surface area contributed by atoms with Gasteiger partial charge in [-0.25, -0.2) is 35.5 Å². The Bertz CT molecular complexity index is 984. The van der Waals surface area contributed by atoms with Crippen LogP contribution in [0.5, 0.6) is 11.5 Å². The van der Waals surface area contributed by atoms with Crippen LogP contribution in [0.2, 0.25) is 0 Å². The molecule has 2 aromatic rings. The van der Waals surface area contributed by atoms with E-state index in [2.05, 4.69) is 4.74 Å². The summed E-state index contributed by atoms with van der Waals surface area (Å²) in [6.45, 7) is 3.71. The molecule has 0 amide bonds. The van der Waals surface area contributed by atoms with Gasteiger partial charge in [0.2, 0.25) is 40.6 Å². The molecule has 0 saturated heterocycles. The number of esters is 1.